The first-order chi connectivity index (χ1) is 8.03. The first-order valence-electron chi connectivity index (χ1n) is 6.26. The van der Waals surface area contributed by atoms with Gasteiger partial charge in [-0.1, -0.05) is 43.1 Å². The number of hydrogen-bond donors (Lipinski definition) is 1. The molecule has 1 saturated heterocycles. The normalized spacial score (nSPS) is 35.1. The van der Waals surface area contributed by atoms with Gasteiger partial charge in [0.2, 0.25) is 0 Å². The summed E-state index contributed by atoms with van der Waals surface area (Å²) in [7, 11) is 0. The standard InChI is InChI=1S/C14H17Cl2N/c1-8(2)13-6-10-7-14(10,17-13)9-3-4-11(15)12(16)5-9/h3-5,8,10,13,17H,6-7H2,1-2H3/t10-,13?,14-/m0/s1. The van der Waals surface area contributed by atoms with E-state index < -0.39 is 0 Å². The van der Waals surface area contributed by atoms with Crippen molar-refractivity contribution in [2.24, 2.45) is 11.8 Å². The van der Waals surface area contributed by atoms with Crippen LogP contribution in [0.1, 0.15) is 32.3 Å². The summed E-state index contributed by atoms with van der Waals surface area (Å²) in [6.45, 7) is 4.57. The Bertz CT molecular complexity index is 458. The van der Waals surface area contributed by atoms with Crippen molar-refractivity contribution in [1.82, 2.24) is 5.32 Å². The fourth-order valence-corrected chi connectivity index (χ4v) is 3.43. The van der Waals surface area contributed by atoms with Crippen LogP contribution in [0.5, 0.6) is 0 Å². The van der Waals surface area contributed by atoms with Gasteiger partial charge in [-0.15, -0.1) is 0 Å². The summed E-state index contributed by atoms with van der Waals surface area (Å²) in [6, 6.07) is 6.69. The average Bonchev–Trinajstić information content (AvgIpc) is 2.85. The number of fused-ring (bicyclic) bond motifs is 1. The molecule has 1 nitrogen and oxygen atoms in total. The molecule has 0 spiro atoms. The Morgan fingerprint density at radius 2 is 2.06 bits per heavy atom. The molecule has 3 rings (SSSR count). The second-order valence-electron chi connectivity index (χ2n) is 5.73. The topological polar surface area (TPSA) is 12.0 Å². The summed E-state index contributed by atoms with van der Waals surface area (Å²) in [5, 5.41) is 5.11. The zero-order chi connectivity index (χ0) is 12.2. The van der Waals surface area contributed by atoms with Crippen molar-refractivity contribution in [1.29, 1.82) is 0 Å². The molecular weight excluding hydrogens is 253 g/mol. The third kappa shape index (κ3) is 1.80. The number of nitrogens with one attached hydrogen (secondary N) is 1. The average molecular weight is 270 g/mol. The second kappa shape index (κ2) is 3.88. The van der Waals surface area contributed by atoms with Gasteiger partial charge in [-0.25, -0.2) is 0 Å². The molecule has 0 bridgehead atoms. The fraction of sp³-hybridized carbons (Fsp3) is 0.571. The molecule has 1 saturated carbocycles. The first kappa shape index (κ1) is 11.8. The van der Waals surface area contributed by atoms with Crippen LogP contribution in [0.15, 0.2) is 18.2 Å². The van der Waals surface area contributed by atoms with Crippen LogP contribution in [-0.4, -0.2) is 6.04 Å². The summed E-state index contributed by atoms with van der Waals surface area (Å²) in [5.41, 5.74) is 1.50. The smallest absolute Gasteiger partial charge is 0.0595 e. The van der Waals surface area contributed by atoms with E-state index in [1.807, 2.05) is 12.1 Å². The summed E-state index contributed by atoms with van der Waals surface area (Å²) in [4.78, 5) is 0. The molecule has 1 aliphatic heterocycles. The van der Waals surface area contributed by atoms with Crippen LogP contribution in [0.3, 0.4) is 0 Å². The lowest BCUT2D eigenvalue weighted by Gasteiger charge is -2.22. The molecule has 1 heterocycles. The Morgan fingerprint density at radius 1 is 1.29 bits per heavy atom. The SMILES string of the molecule is CC(C)C1C[C@H]2C[C@@]2(c2ccc(Cl)c(Cl)c2)N1. The Kier molecular flexibility index (Phi) is 2.70. The van der Waals surface area contributed by atoms with Gasteiger partial charge in [0.25, 0.3) is 0 Å². The van der Waals surface area contributed by atoms with Crippen molar-refractivity contribution in [2.75, 3.05) is 0 Å². The van der Waals surface area contributed by atoms with E-state index in [1.54, 1.807) is 0 Å². The van der Waals surface area contributed by atoms with Crippen molar-refractivity contribution < 1.29 is 0 Å². The molecule has 17 heavy (non-hydrogen) atoms. The molecule has 3 atom stereocenters. The van der Waals surface area contributed by atoms with Gasteiger partial charge in [0, 0.05) is 11.6 Å². The van der Waals surface area contributed by atoms with Gasteiger partial charge in [-0.3, -0.25) is 0 Å². The zero-order valence-electron chi connectivity index (χ0n) is 10.1. The van der Waals surface area contributed by atoms with Gasteiger partial charge in [-0.2, -0.15) is 0 Å². The molecule has 3 heteroatoms. The van der Waals surface area contributed by atoms with E-state index in [4.69, 9.17) is 23.2 Å². The molecule has 1 aliphatic carbocycles. The van der Waals surface area contributed by atoms with Crippen LogP contribution in [-0.2, 0) is 5.54 Å². The molecule has 0 aromatic heterocycles. The largest absolute Gasteiger partial charge is 0.304 e. The maximum atomic E-state index is 6.11. The van der Waals surface area contributed by atoms with Crippen LogP contribution in [0.2, 0.25) is 10.0 Å². The van der Waals surface area contributed by atoms with Crippen molar-refractivity contribution in [2.45, 2.75) is 38.3 Å². The summed E-state index contributed by atoms with van der Waals surface area (Å²) < 4.78 is 0. The Labute approximate surface area is 112 Å². The summed E-state index contributed by atoms with van der Waals surface area (Å²) in [5.74, 6) is 1.48. The van der Waals surface area contributed by atoms with Crippen molar-refractivity contribution in [3.05, 3.63) is 33.8 Å². The minimum Gasteiger partial charge on any atom is -0.304 e. The van der Waals surface area contributed by atoms with Crippen LogP contribution < -0.4 is 5.32 Å². The number of benzene rings is 1. The van der Waals surface area contributed by atoms with Gasteiger partial charge >= 0.3 is 0 Å². The minimum atomic E-state index is 0.198. The highest BCUT2D eigenvalue weighted by Crippen LogP contribution is 2.59. The molecule has 1 N–H and O–H groups in total. The summed E-state index contributed by atoms with van der Waals surface area (Å²) >= 11 is 12.1. The lowest BCUT2D eigenvalue weighted by Crippen LogP contribution is -2.36. The van der Waals surface area contributed by atoms with Crippen LogP contribution in [0.25, 0.3) is 0 Å². The maximum absolute atomic E-state index is 6.11. The van der Waals surface area contributed by atoms with Gasteiger partial charge in [-0.05, 0) is 42.4 Å². The van der Waals surface area contributed by atoms with E-state index >= 15 is 0 Å². The van der Waals surface area contributed by atoms with E-state index in [9.17, 15) is 0 Å². The Balaban J connectivity index is 1.88. The van der Waals surface area contributed by atoms with Crippen molar-refractivity contribution in [3.63, 3.8) is 0 Å². The molecule has 2 aliphatic rings. The van der Waals surface area contributed by atoms with Gasteiger partial charge < -0.3 is 5.32 Å². The molecule has 1 aromatic carbocycles. The monoisotopic (exact) mass is 269 g/mol. The Hall–Kier alpha value is -0.240. The molecule has 2 fully saturated rings. The van der Waals surface area contributed by atoms with Crippen molar-refractivity contribution in [3.8, 4) is 0 Å². The lowest BCUT2D eigenvalue weighted by atomic mass is 10.0. The number of rotatable bonds is 2. The van der Waals surface area contributed by atoms with E-state index in [0.29, 0.717) is 22.0 Å². The van der Waals surface area contributed by atoms with E-state index in [-0.39, 0.29) is 5.54 Å². The van der Waals surface area contributed by atoms with E-state index in [0.717, 1.165) is 5.92 Å². The van der Waals surface area contributed by atoms with E-state index in [1.165, 1.54) is 18.4 Å². The molecule has 92 valence electrons. The molecule has 1 aromatic rings. The fourth-order valence-electron chi connectivity index (χ4n) is 3.14. The van der Waals surface area contributed by atoms with Crippen LogP contribution >= 0.6 is 23.2 Å². The highest BCUT2D eigenvalue weighted by Gasteiger charge is 2.61. The van der Waals surface area contributed by atoms with E-state index in [2.05, 4.69) is 25.2 Å². The maximum Gasteiger partial charge on any atom is 0.0595 e. The van der Waals surface area contributed by atoms with Crippen LogP contribution in [0, 0.1) is 11.8 Å². The zero-order valence-corrected chi connectivity index (χ0v) is 11.6. The first-order valence-corrected chi connectivity index (χ1v) is 7.02. The third-order valence-corrected chi connectivity index (χ3v) is 5.07. The van der Waals surface area contributed by atoms with Crippen LogP contribution in [0.4, 0.5) is 0 Å². The molecule has 0 radical (unpaired) electrons. The van der Waals surface area contributed by atoms with Gasteiger partial charge in [0.1, 0.15) is 0 Å². The predicted molar refractivity (Wildman–Crippen MR) is 72.6 cm³/mol. The highest BCUT2D eigenvalue weighted by atomic mass is 35.5. The molecule has 0 amide bonds. The van der Waals surface area contributed by atoms with Gasteiger partial charge in [0.05, 0.1) is 10.0 Å². The Morgan fingerprint density at radius 3 is 2.65 bits per heavy atom. The highest BCUT2D eigenvalue weighted by molar-refractivity contribution is 6.42. The number of halogens is 2. The minimum absolute atomic E-state index is 0.198. The third-order valence-electron chi connectivity index (χ3n) is 4.33. The van der Waals surface area contributed by atoms with Gasteiger partial charge in [0.15, 0.2) is 0 Å². The van der Waals surface area contributed by atoms with Crippen molar-refractivity contribution >= 4 is 23.2 Å². The quantitative estimate of drug-likeness (QED) is 0.848. The number of piperidine rings is 1. The molecular formula is C14H17Cl2N. The summed E-state index contributed by atoms with van der Waals surface area (Å²) in [6.07, 6.45) is 2.53. The molecule has 1 unspecified atom stereocenters. The number of hydrogen-bond acceptors (Lipinski definition) is 1. The predicted octanol–water partition coefficient (Wildman–Crippen LogP) is 4.23. The second-order valence-corrected chi connectivity index (χ2v) is 6.55. The lowest BCUT2D eigenvalue weighted by molar-refractivity contribution is 0.385.